The van der Waals surface area contributed by atoms with E-state index in [2.05, 4.69) is 19.7 Å². The maximum absolute atomic E-state index is 13.5. The Labute approximate surface area is 164 Å². The lowest BCUT2D eigenvalue weighted by Gasteiger charge is -2.32. The topological polar surface area (TPSA) is 63.5 Å². The van der Waals surface area contributed by atoms with Crippen molar-refractivity contribution in [3.05, 3.63) is 47.3 Å². The molecule has 0 bridgehead atoms. The lowest BCUT2D eigenvalue weighted by molar-refractivity contribution is 0.0326. The Morgan fingerprint density at radius 2 is 2.07 bits per heavy atom. The molecular weight excluding hydrogens is 361 g/mol. The third kappa shape index (κ3) is 4.07. The number of amides is 1. The van der Waals surface area contributed by atoms with E-state index in [-0.39, 0.29) is 17.6 Å². The number of carbonyl (C=O) groups excluding carboxylic acids is 1. The van der Waals surface area contributed by atoms with E-state index in [0.717, 1.165) is 57.3 Å². The second kappa shape index (κ2) is 8.36. The van der Waals surface area contributed by atoms with Crippen LogP contribution in [0.25, 0.3) is 0 Å². The van der Waals surface area contributed by atoms with Gasteiger partial charge in [-0.15, -0.1) is 10.2 Å². The van der Waals surface area contributed by atoms with Crippen LogP contribution in [0.4, 0.5) is 4.39 Å². The van der Waals surface area contributed by atoms with Crippen LogP contribution in [0.1, 0.15) is 40.8 Å². The number of nitrogens with zero attached hydrogens (tertiary/aromatic N) is 5. The molecule has 4 rings (SSSR count). The van der Waals surface area contributed by atoms with E-state index >= 15 is 0 Å². The molecule has 1 unspecified atom stereocenters. The molecule has 3 heterocycles. The molecule has 0 saturated carbocycles. The van der Waals surface area contributed by atoms with Gasteiger partial charge >= 0.3 is 0 Å². The maximum atomic E-state index is 13.5. The summed E-state index contributed by atoms with van der Waals surface area (Å²) in [4.78, 5) is 16.9. The van der Waals surface area contributed by atoms with Crippen LogP contribution in [0.3, 0.4) is 0 Å². The number of carbonyl (C=O) groups is 1. The number of piperidine rings is 1. The van der Waals surface area contributed by atoms with Crippen molar-refractivity contribution in [2.75, 3.05) is 39.4 Å². The van der Waals surface area contributed by atoms with E-state index in [4.69, 9.17) is 4.74 Å². The Bertz CT molecular complexity index is 834. The standard InChI is InChI=1S/C20H26FN5O2/c1-24-18(14-25-8-10-28-11-9-25)22-23-19(24)16-5-3-7-26(13-16)20(27)15-4-2-6-17(21)12-15/h2,4,6,12,16H,3,5,7-11,13-14H2,1H3. The predicted octanol–water partition coefficient (Wildman–Crippen LogP) is 1.81. The zero-order chi connectivity index (χ0) is 19.5. The van der Waals surface area contributed by atoms with E-state index in [0.29, 0.717) is 18.7 Å². The normalized spacial score (nSPS) is 21.1. The molecule has 0 spiro atoms. The lowest BCUT2D eigenvalue weighted by atomic mass is 9.96. The Hall–Kier alpha value is -2.32. The quantitative estimate of drug-likeness (QED) is 0.801. The minimum Gasteiger partial charge on any atom is -0.379 e. The fourth-order valence-electron chi connectivity index (χ4n) is 4.00. The van der Waals surface area contributed by atoms with Gasteiger partial charge in [0.1, 0.15) is 17.5 Å². The van der Waals surface area contributed by atoms with E-state index in [1.807, 2.05) is 7.05 Å². The molecule has 0 radical (unpaired) electrons. The van der Waals surface area contributed by atoms with Gasteiger partial charge in [-0.25, -0.2) is 4.39 Å². The van der Waals surface area contributed by atoms with Crippen molar-refractivity contribution in [2.45, 2.75) is 25.3 Å². The highest BCUT2D eigenvalue weighted by Crippen LogP contribution is 2.27. The average molecular weight is 387 g/mol. The van der Waals surface area contributed by atoms with Crippen molar-refractivity contribution in [2.24, 2.45) is 7.05 Å². The molecule has 2 aliphatic heterocycles. The summed E-state index contributed by atoms with van der Waals surface area (Å²) >= 11 is 0. The monoisotopic (exact) mass is 387 g/mol. The van der Waals surface area contributed by atoms with E-state index < -0.39 is 0 Å². The minimum absolute atomic E-state index is 0.125. The molecule has 1 amide bonds. The SMILES string of the molecule is Cn1c(CN2CCOCC2)nnc1C1CCCN(C(=O)c2cccc(F)c2)C1. The van der Waals surface area contributed by atoms with Gasteiger partial charge in [0.25, 0.3) is 5.91 Å². The van der Waals surface area contributed by atoms with Crippen molar-refractivity contribution in [1.29, 1.82) is 0 Å². The van der Waals surface area contributed by atoms with Crippen molar-refractivity contribution >= 4 is 5.91 Å². The van der Waals surface area contributed by atoms with Gasteiger partial charge in [-0.3, -0.25) is 9.69 Å². The first-order valence-electron chi connectivity index (χ1n) is 9.85. The van der Waals surface area contributed by atoms with Crippen LogP contribution in [0.15, 0.2) is 24.3 Å². The number of likely N-dealkylation sites (tertiary alicyclic amines) is 1. The minimum atomic E-state index is -0.388. The first-order valence-corrected chi connectivity index (χ1v) is 9.85. The Kier molecular flexibility index (Phi) is 5.68. The molecule has 1 atom stereocenters. The third-order valence-corrected chi connectivity index (χ3v) is 5.61. The molecule has 7 nitrogen and oxygen atoms in total. The molecule has 1 aromatic carbocycles. The maximum Gasteiger partial charge on any atom is 0.253 e. The summed E-state index contributed by atoms with van der Waals surface area (Å²) in [6, 6.07) is 5.89. The van der Waals surface area contributed by atoms with Gasteiger partial charge in [0, 0.05) is 44.7 Å². The Balaban J connectivity index is 1.45. The molecular formula is C20H26FN5O2. The van der Waals surface area contributed by atoms with Gasteiger partial charge in [0.05, 0.1) is 19.8 Å². The van der Waals surface area contributed by atoms with Gasteiger partial charge in [-0.1, -0.05) is 6.07 Å². The summed E-state index contributed by atoms with van der Waals surface area (Å²) in [5.74, 6) is 1.48. The number of rotatable bonds is 4. The molecule has 2 fully saturated rings. The Morgan fingerprint density at radius 1 is 1.25 bits per heavy atom. The molecule has 1 aromatic heterocycles. The highest BCUT2D eigenvalue weighted by molar-refractivity contribution is 5.94. The molecule has 28 heavy (non-hydrogen) atoms. The summed E-state index contributed by atoms with van der Waals surface area (Å²) in [5.41, 5.74) is 0.395. The fourth-order valence-corrected chi connectivity index (χ4v) is 4.00. The van der Waals surface area contributed by atoms with Crippen molar-refractivity contribution in [3.8, 4) is 0 Å². The number of aromatic nitrogens is 3. The summed E-state index contributed by atoms with van der Waals surface area (Å²) in [7, 11) is 2.00. The fraction of sp³-hybridized carbons (Fsp3) is 0.550. The molecule has 2 saturated heterocycles. The molecule has 2 aromatic rings. The van der Waals surface area contributed by atoms with Gasteiger partial charge < -0.3 is 14.2 Å². The van der Waals surface area contributed by atoms with Crippen LogP contribution in [0.5, 0.6) is 0 Å². The highest BCUT2D eigenvalue weighted by Gasteiger charge is 2.29. The molecule has 0 N–H and O–H groups in total. The van der Waals surface area contributed by atoms with Crippen molar-refractivity contribution in [3.63, 3.8) is 0 Å². The molecule has 0 aliphatic carbocycles. The summed E-state index contributed by atoms with van der Waals surface area (Å²) in [6.45, 7) is 5.34. The van der Waals surface area contributed by atoms with Gasteiger partial charge in [-0.05, 0) is 31.0 Å². The zero-order valence-corrected chi connectivity index (χ0v) is 16.2. The van der Waals surface area contributed by atoms with Gasteiger partial charge in [-0.2, -0.15) is 0 Å². The van der Waals surface area contributed by atoms with Crippen LogP contribution in [-0.2, 0) is 18.3 Å². The predicted molar refractivity (Wildman–Crippen MR) is 101 cm³/mol. The number of hydrogen-bond acceptors (Lipinski definition) is 5. The van der Waals surface area contributed by atoms with E-state index in [9.17, 15) is 9.18 Å². The summed E-state index contributed by atoms with van der Waals surface area (Å²) in [6.07, 6.45) is 1.87. The van der Waals surface area contributed by atoms with Crippen LogP contribution in [0.2, 0.25) is 0 Å². The van der Waals surface area contributed by atoms with Gasteiger partial charge in [0.2, 0.25) is 0 Å². The molecule has 2 aliphatic rings. The van der Waals surface area contributed by atoms with Crippen molar-refractivity contribution < 1.29 is 13.9 Å². The molecule has 8 heteroatoms. The Morgan fingerprint density at radius 3 is 2.86 bits per heavy atom. The smallest absolute Gasteiger partial charge is 0.253 e. The third-order valence-electron chi connectivity index (χ3n) is 5.61. The zero-order valence-electron chi connectivity index (χ0n) is 16.2. The molecule has 150 valence electrons. The van der Waals surface area contributed by atoms with Crippen LogP contribution in [0, 0.1) is 5.82 Å². The van der Waals surface area contributed by atoms with Crippen LogP contribution >= 0.6 is 0 Å². The highest BCUT2D eigenvalue weighted by atomic mass is 19.1. The largest absolute Gasteiger partial charge is 0.379 e. The first kappa shape index (κ1) is 19.0. The van der Waals surface area contributed by atoms with Crippen molar-refractivity contribution in [1.82, 2.24) is 24.6 Å². The summed E-state index contributed by atoms with van der Waals surface area (Å²) in [5, 5.41) is 8.84. The van der Waals surface area contributed by atoms with Crippen LogP contribution in [-0.4, -0.2) is 69.9 Å². The average Bonchev–Trinajstić information content (AvgIpc) is 3.08. The second-order valence-corrected chi connectivity index (χ2v) is 7.52. The first-order chi connectivity index (χ1) is 13.6. The lowest BCUT2D eigenvalue weighted by Crippen LogP contribution is -2.40. The van der Waals surface area contributed by atoms with Crippen LogP contribution < -0.4 is 0 Å². The van der Waals surface area contributed by atoms with E-state index in [1.54, 1.807) is 17.0 Å². The number of hydrogen-bond donors (Lipinski definition) is 0. The number of ether oxygens (including phenoxy) is 1. The van der Waals surface area contributed by atoms with E-state index in [1.165, 1.54) is 12.1 Å². The number of morpholine rings is 1. The summed E-state index contributed by atoms with van der Waals surface area (Å²) < 4.78 is 20.9. The van der Waals surface area contributed by atoms with Gasteiger partial charge in [0.15, 0.2) is 0 Å². The number of halogens is 1. The number of benzene rings is 1. The second-order valence-electron chi connectivity index (χ2n) is 7.52.